The monoisotopic (exact) mass is 386 g/mol. The minimum Gasteiger partial charge on any atom is -0.294 e. The number of aryl methyl sites for hydroxylation is 2. The fraction of sp³-hybridized carbons (Fsp3) is 0.176. The van der Waals surface area contributed by atoms with Crippen molar-refractivity contribution in [1.82, 2.24) is 24.6 Å². The van der Waals surface area contributed by atoms with Crippen molar-refractivity contribution in [3.8, 4) is 11.4 Å². The molecule has 2 N–H and O–H groups in total. The van der Waals surface area contributed by atoms with Gasteiger partial charge in [0.05, 0.1) is 10.7 Å². The smallest absolute Gasteiger partial charge is 0.249 e. The van der Waals surface area contributed by atoms with Crippen molar-refractivity contribution < 1.29 is 4.79 Å². The average molecular weight is 387 g/mol. The van der Waals surface area contributed by atoms with Crippen LogP contribution in [0.4, 0.5) is 5.95 Å². The number of fused-ring (bicyclic) bond motifs is 1. The quantitative estimate of drug-likeness (QED) is 0.547. The predicted molar refractivity (Wildman–Crippen MR) is 102 cm³/mol. The molecule has 0 spiro atoms. The lowest BCUT2D eigenvalue weighted by Gasteiger charge is -2.01. The van der Waals surface area contributed by atoms with E-state index in [1.807, 2.05) is 41.1 Å². The summed E-state index contributed by atoms with van der Waals surface area (Å²) >= 11 is 7.72. The summed E-state index contributed by atoms with van der Waals surface area (Å²) in [6.45, 7) is 1.95. The zero-order valence-corrected chi connectivity index (χ0v) is 15.4. The summed E-state index contributed by atoms with van der Waals surface area (Å²) in [4.78, 5) is 21.8. The Labute approximate surface area is 158 Å². The fourth-order valence-electron chi connectivity index (χ4n) is 2.64. The second-order valence-corrected chi connectivity index (χ2v) is 7.04. The van der Waals surface area contributed by atoms with Crippen LogP contribution in [0.3, 0.4) is 0 Å². The number of benzene rings is 1. The van der Waals surface area contributed by atoms with Crippen molar-refractivity contribution in [2.45, 2.75) is 19.8 Å². The largest absolute Gasteiger partial charge is 0.294 e. The van der Waals surface area contributed by atoms with E-state index < -0.39 is 0 Å². The van der Waals surface area contributed by atoms with Gasteiger partial charge in [-0.2, -0.15) is 4.98 Å². The number of aromatic nitrogens is 5. The van der Waals surface area contributed by atoms with E-state index in [1.54, 1.807) is 17.4 Å². The van der Waals surface area contributed by atoms with E-state index in [0.717, 1.165) is 21.9 Å². The molecule has 0 radical (unpaired) electrons. The molecule has 0 aliphatic carbocycles. The van der Waals surface area contributed by atoms with E-state index in [2.05, 4.69) is 25.5 Å². The highest BCUT2D eigenvalue weighted by molar-refractivity contribution is 7.15. The summed E-state index contributed by atoms with van der Waals surface area (Å²) in [7, 11) is 0. The Kier molecular flexibility index (Phi) is 4.44. The summed E-state index contributed by atoms with van der Waals surface area (Å²) in [6.07, 6.45) is 2.92. The number of H-pyrrole nitrogens is 1. The molecule has 0 atom stereocenters. The lowest BCUT2D eigenvalue weighted by molar-refractivity contribution is -0.116. The number of nitrogens with zero attached hydrogens (tertiary/aromatic N) is 4. The molecule has 4 rings (SSSR count). The number of halogens is 1. The number of anilines is 1. The molecule has 0 aliphatic heterocycles. The van der Waals surface area contributed by atoms with E-state index in [0.29, 0.717) is 23.7 Å². The summed E-state index contributed by atoms with van der Waals surface area (Å²) in [5.74, 6) is 0.601. The topological polar surface area (TPSA) is 88.0 Å². The molecule has 3 aromatic heterocycles. The van der Waals surface area contributed by atoms with Crippen LogP contribution < -0.4 is 5.32 Å². The third-order valence-corrected chi connectivity index (χ3v) is 5.10. The van der Waals surface area contributed by atoms with Gasteiger partial charge in [-0.05, 0) is 25.5 Å². The standard InChI is InChI=1S/C17H15ClN6OS/c1-10-8-24-11(9-26-17(24)19-10)6-7-14(25)20-16-21-15(22-23-16)12-4-2-3-5-13(12)18/h2-5,8-9H,6-7H2,1H3,(H2,20,21,22,23,25). The number of carbonyl (C=O) groups excluding carboxylic acids is 1. The number of amides is 1. The van der Waals surface area contributed by atoms with Gasteiger partial charge in [-0.25, -0.2) is 4.98 Å². The minimum atomic E-state index is -0.147. The van der Waals surface area contributed by atoms with Crippen LogP contribution in [0.25, 0.3) is 16.3 Å². The van der Waals surface area contributed by atoms with Crippen LogP contribution in [0.1, 0.15) is 17.8 Å². The maximum absolute atomic E-state index is 12.2. The molecule has 0 bridgehead atoms. The summed E-state index contributed by atoms with van der Waals surface area (Å²) in [5, 5.41) is 12.1. The Hall–Kier alpha value is -2.71. The van der Waals surface area contributed by atoms with Crippen molar-refractivity contribution in [2.75, 3.05) is 5.32 Å². The number of rotatable bonds is 5. The Morgan fingerprint density at radius 3 is 3.04 bits per heavy atom. The number of nitrogens with one attached hydrogen (secondary N) is 2. The van der Waals surface area contributed by atoms with Crippen LogP contribution in [0.15, 0.2) is 35.8 Å². The van der Waals surface area contributed by atoms with Crippen LogP contribution in [-0.4, -0.2) is 30.5 Å². The predicted octanol–water partition coefficient (Wildman–Crippen LogP) is 3.71. The highest BCUT2D eigenvalue weighted by Crippen LogP contribution is 2.25. The summed E-state index contributed by atoms with van der Waals surface area (Å²) in [6, 6.07) is 7.32. The van der Waals surface area contributed by atoms with E-state index in [4.69, 9.17) is 11.6 Å². The van der Waals surface area contributed by atoms with Crippen molar-refractivity contribution >= 4 is 39.8 Å². The second kappa shape index (κ2) is 6.89. The van der Waals surface area contributed by atoms with Gasteiger partial charge >= 0.3 is 0 Å². The number of carbonyl (C=O) groups is 1. The van der Waals surface area contributed by atoms with Crippen molar-refractivity contribution in [1.29, 1.82) is 0 Å². The molecule has 9 heteroatoms. The summed E-state index contributed by atoms with van der Waals surface area (Å²) in [5.41, 5.74) is 2.76. The van der Waals surface area contributed by atoms with Gasteiger partial charge in [0.25, 0.3) is 0 Å². The molecule has 0 saturated heterocycles. The number of thiazole rings is 1. The lowest BCUT2D eigenvalue weighted by Crippen LogP contribution is -2.13. The molecule has 26 heavy (non-hydrogen) atoms. The molecule has 0 saturated carbocycles. The highest BCUT2D eigenvalue weighted by Gasteiger charge is 2.12. The number of aromatic amines is 1. The first-order chi connectivity index (χ1) is 12.6. The summed E-state index contributed by atoms with van der Waals surface area (Å²) < 4.78 is 2.02. The Bertz CT molecular complexity index is 1080. The molecule has 1 amide bonds. The first kappa shape index (κ1) is 16.7. The SMILES string of the molecule is Cc1cn2c(CCC(=O)Nc3n[nH]c(-c4ccccc4Cl)n3)csc2n1. The molecule has 1 aromatic carbocycles. The van der Waals surface area contributed by atoms with Gasteiger partial charge in [0.1, 0.15) is 0 Å². The van der Waals surface area contributed by atoms with Gasteiger partial charge in [-0.3, -0.25) is 19.6 Å². The first-order valence-corrected chi connectivity index (χ1v) is 9.25. The molecule has 4 aromatic rings. The molecule has 7 nitrogen and oxygen atoms in total. The molecular formula is C17H15ClN6OS. The lowest BCUT2D eigenvalue weighted by atomic mass is 10.2. The average Bonchev–Trinajstić information content (AvgIpc) is 3.30. The van der Waals surface area contributed by atoms with Crippen LogP contribution in [0.2, 0.25) is 5.02 Å². The molecule has 0 unspecified atom stereocenters. The maximum Gasteiger partial charge on any atom is 0.249 e. The van der Waals surface area contributed by atoms with Crippen LogP contribution in [-0.2, 0) is 11.2 Å². The van der Waals surface area contributed by atoms with Crippen molar-refractivity contribution in [2.24, 2.45) is 0 Å². The number of hydrogen-bond acceptors (Lipinski definition) is 5. The zero-order valence-electron chi connectivity index (χ0n) is 13.9. The van der Waals surface area contributed by atoms with E-state index >= 15 is 0 Å². The van der Waals surface area contributed by atoms with Gasteiger partial charge in [-0.15, -0.1) is 16.4 Å². The van der Waals surface area contributed by atoms with Gasteiger partial charge in [0.2, 0.25) is 11.9 Å². The fourth-order valence-corrected chi connectivity index (χ4v) is 3.82. The van der Waals surface area contributed by atoms with Crippen LogP contribution in [0, 0.1) is 6.92 Å². The van der Waals surface area contributed by atoms with E-state index in [-0.39, 0.29) is 11.9 Å². The second-order valence-electron chi connectivity index (χ2n) is 5.80. The Balaban J connectivity index is 1.40. The first-order valence-electron chi connectivity index (χ1n) is 7.99. The minimum absolute atomic E-state index is 0.147. The molecular weight excluding hydrogens is 372 g/mol. The number of hydrogen-bond donors (Lipinski definition) is 2. The van der Waals surface area contributed by atoms with Gasteiger partial charge in [0, 0.05) is 29.3 Å². The van der Waals surface area contributed by atoms with Gasteiger partial charge < -0.3 is 0 Å². The van der Waals surface area contributed by atoms with Crippen molar-refractivity contribution in [3.05, 3.63) is 52.3 Å². The molecule has 3 heterocycles. The Morgan fingerprint density at radius 1 is 1.35 bits per heavy atom. The van der Waals surface area contributed by atoms with Crippen LogP contribution >= 0.6 is 22.9 Å². The van der Waals surface area contributed by atoms with Gasteiger partial charge in [-0.1, -0.05) is 23.7 Å². The zero-order chi connectivity index (χ0) is 18.1. The molecule has 132 valence electrons. The van der Waals surface area contributed by atoms with E-state index in [1.165, 1.54) is 0 Å². The maximum atomic E-state index is 12.2. The van der Waals surface area contributed by atoms with Gasteiger partial charge in [0.15, 0.2) is 10.8 Å². The Morgan fingerprint density at radius 2 is 2.19 bits per heavy atom. The van der Waals surface area contributed by atoms with E-state index in [9.17, 15) is 4.79 Å². The van der Waals surface area contributed by atoms with Crippen LogP contribution in [0.5, 0.6) is 0 Å². The molecule has 0 fully saturated rings. The normalized spacial score (nSPS) is 11.2. The number of imidazole rings is 1. The highest BCUT2D eigenvalue weighted by atomic mass is 35.5. The third kappa shape index (κ3) is 3.33. The third-order valence-electron chi connectivity index (χ3n) is 3.88. The van der Waals surface area contributed by atoms with Crippen molar-refractivity contribution in [3.63, 3.8) is 0 Å². The molecule has 0 aliphatic rings.